The van der Waals surface area contributed by atoms with E-state index in [0.717, 1.165) is 5.56 Å². The lowest BCUT2D eigenvalue weighted by atomic mass is 10.2. The maximum absolute atomic E-state index is 13.6. The topological polar surface area (TPSA) is 35.0 Å². The molecule has 0 fully saturated rings. The highest BCUT2D eigenvalue weighted by molar-refractivity contribution is 6.28. The summed E-state index contributed by atoms with van der Waals surface area (Å²) in [7, 11) is 0. The second-order valence-corrected chi connectivity index (χ2v) is 3.81. The third-order valence-electron chi connectivity index (χ3n) is 2.18. The van der Waals surface area contributed by atoms with E-state index in [1.807, 2.05) is 30.3 Å². The van der Waals surface area contributed by atoms with Gasteiger partial charge in [0.2, 0.25) is 11.1 Å². The lowest BCUT2D eigenvalue weighted by molar-refractivity contribution is 0.275. The van der Waals surface area contributed by atoms with E-state index in [9.17, 15) is 4.39 Å². The molecule has 0 saturated carbocycles. The number of hydrogen-bond acceptors (Lipinski definition) is 3. The zero-order valence-corrected chi connectivity index (χ0v) is 9.91. The summed E-state index contributed by atoms with van der Waals surface area (Å²) in [5, 5.41) is -0.0213. The number of rotatable bonds is 3. The fraction of sp³-hybridized carbons (Fsp3) is 0.167. The number of halogens is 2. The van der Waals surface area contributed by atoms with E-state index in [1.165, 1.54) is 6.92 Å². The van der Waals surface area contributed by atoms with Gasteiger partial charge in [0.15, 0.2) is 0 Å². The van der Waals surface area contributed by atoms with Crippen molar-refractivity contribution in [2.75, 3.05) is 0 Å². The van der Waals surface area contributed by atoms with Crippen molar-refractivity contribution < 1.29 is 9.13 Å². The third kappa shape index (κ3) is 2.91. The van der Waals surface area contributed by atoms with Crippen LogP contribution in [0.4, 0.5) is 4.39 Å². The molecule has 0 unspecified atom stereocenters. The number of nitrogens with zero attached hydrogens (tertiary/aromatic N) is 2. The van der Waals surface area contributed by atoms with Gasteiger partial charge in [-0.2, -0.15) is 9.37 Å². The smallest absolute Gasteiger partial charge is 0.255 e. The molecule has 1 heterocycles. The Bertz CT molecular complexity index is 519. The first-order chi connectivity index (χ1) is 8.16. The largest absolute Gasteiger partial charge is 0.471 e. The minimum Gasteiger partial charge on any atom is -0.471 e. The van der Waals surface area contributed by atoms with Gasteiger partial charge in [-0.25, -0.2) is 4.98 Å². The van der Waals surface area contributed by atoms with Crippen LogP contribution in [0.3, 0.4) is 0 Å². The van der Waals surface area contributed by atoms with Gasteiger partial charge in [0, 0.05) is 0 Å². The minimum absolute atomic E-state index is 0.0213. The number of hydrogen-bond donors (Lipinski definition) is 0. The molecule has 0 N–H and O–H groups in total. The van der Waals surface area contributed by atoms with Gasteiger partial charge in [-0.1, -0.05) is 30.3 Å². The van der Waals surface area contributed by atoms with Gasteiger partial charge in [-0.15, -0.1) is 0 Å². The van der Waals surface area contributed by atoms with Crippen molar-refractivity contribution >= 4 is 11.6 Å². The second kappa shape index (κ2) is 5.10. The van der Waals surface area contributed by atoms with Gasteiger partial charge in [0.25, 0.3) is 5.88 Å². The monoisotopic (exact) mass is 252 g/mol. The van der Waals surface area contributed by atoms with Gasteiger partial charge in [-0.05, 0) is 24.1 Å². The van der Waals surface area contributed by atoms with Crippen LogP contribution in [0.1, 0.15) is 11.3 Å². The molecule has 0 aliphatic heterocycles. The summed E-state index contributed by atoms with van der Waals surface area (Å²) in [5.74, 6) is -0.698. The molecule has 0 atom stereocenters. The van der Waals surface area contributed by atoms with Crippen LogP contribution in [0.2, 0.25) is 5.28 Å². The van der Waals surface area contributed by atoms with Crippen molar-refractivity contribution in [1.29, 1.82) is 0 Å². The maximum Gasteiger partial charge on any atom is 0.255 e. The number of benzene rings is 1. The molecular formula is C12H10ClFN2O. The van der Waals surface area contributed by atoms with Crippen LogP contribution in [-0.2, 0) is 6.61 Å². The molecule has 5 heteroatoms. The van der Waals surface area contributed by atoms with Crippen molar-refractivity contribution in [3.05, 3.63) is 52.7 Å². The molecule has 0 amide bonds. The molecule has 1 aromatic carbocycles. The quantitative estimate of drug-likeness (QED) is 0.787. The van der Waals surface area contributed by atoms with Crippen molar-refractivity contribution in [2.45, 2.75) is 13.5 Å². The molecular weight excluding hydrogens is 243 g/mol. The first-order valence-corrected chi connectivity index (χ1v) is 5.41. The highest BCUT2D eigenvalue weighted by atomic mass is 35.5. The van der Waals surface area contributed by atoms with Crippen LogP contribution >= 0.6 is 11.6 Å². The summed E-state index contributed by atoms with van der Waals surface area (Å²) in [6.07, 6.45) is 0. The fourth-order valence-corrected chi connectivity index (χ4v) is 1.53. The van der Waals surface area contributed by atoms with Gasteiger partial charge < -0.3 is 4.74 Å². The molecule has 3 nitrogen and oxygen atoms in total. The summed E-state index contributed by atoms with van der Waals surface area (Å²) in [6.45, 7) is 1.75. The van der Waals surface area contributed by atoms with Gasteiger partial charge in [0.05, 0.1) is 5.69 Å². The molecule has 0 spiro atoms. The van der Waals surface area contributed by atoms with E-state index >= 15 is 0 Å². The Morgan fingerprint density at radius 3 is 2.65 bits per heavy atom. The lowest BCUT2D eigenvalue weighted by Gasteiger charge is -2.07. The van der Waals surface area contributed by atoms with E-state index in [1.54, 1.807) is 0 Å². The average Bonchev–Trinajstić information content (AvgIpc) is 2.33. The molecule has 0 radical (unpaired) electrons. The van der Waals surface area contributed by atoms with Gasteiger partial charge in [0.1, 0.15) is 6.61 Å². The fourth-order valence-electron chi connectivity index (χ4n) is 1.32. The van der Waals surface area contributed by atoms with E-state index in [-0.39, 0.29) is 23.5 Å². The predicted octanol–water partition coefficient (Wildman–Crippen LogP) is 3.16. The summed E-state index contributed by atoms with van der Waals surface area (Å²) in [6, 6.07) is 9.43. The molecule has 0 aliphatic rings. The Morgan fingerprint density at radius 2 is 1.94 bits per heavy atom. The normalized spacial score (nSPS) is 10.3. The summed E-state index contributed by atoms with van der Waals surface area (Å²) in [5.41, 5.74) is 1.10. The number of ether oxygens (including phenoxy) is 1. The van der Waals surface area contributed by atoms with Crippen LogP contribution in [0, 0.1) is 12.7 Å². The Balaban J connectivity index is 2.14. The first kappa shape index (κ1) is 11.8. The lowest BCUT2D eigenvalue weighted by Crippen LogP contribution is -2.03. The van der Waals surface area contributed by atoms with E-state index in [2.05, 4.69) is 9.97 Å². The van der Waals surface area contributed by atoms with Crippen LogP contribution in [-0.4, -0.2) is 9.97 Å². The molecule has 88 valence electrons. The van der Waals surface area contributed by atoms with Crippen LogP contribution in [0.25, 0.3) is 0 Å². The Kier molecular flexibility index (Phi) is 3.54. The van der Waals surface area contributed by atoms with Crippen molar-refractivity contribution in [2.24, 2.45) is 0 Å². The number of aryl methyl sites for hydroxylation is 1. The molecule has 2 rings (SSSR count). The van der Waals surface area contributed by atoms with E-state index < -0.39 is 5.82 Å². The molecule has 1 aromatic heterocycles. The van der Waals surface area contributed by atoms with Crippen molar-refractivity contribution in [1.82, 2.24) is 9.97 Å². The molecule has 0 aliphatic carbocycles. The zero-order valence-electron chi connectivity index (χ0n) is 9.15. The van der Waals surface area contributed by atoms with Crippen LogP contribution < -0.4 is 4.74 Å². The Labute approximate surface area is 103 Å². The molecule has 2 aromatic rings. The third-order valence-corrected chi connectivity index (χ3v) is 2.35. The van der Waals surface area contributed by atoms with Crippen molar-refractivity contribution in [3.63, 3.8) is 0 Å². The van der Waals surface area contributed by atoms with Crippen molar-refractivity contribution in [3.8, 4) is 5.88 Å². The summed E-state index contributed by atoms with van der Waals surface area (Å²) >= 11 is 5.63. The average molecular weight is 253 g/mol. The Morgan fingerprint density at radius 1 is 1.24 bits per heavy atom. The highest BCUT2D eigenvalue weighted by Gasteiger charge is 2.11. The van der Waals surface area contributed by atoms with E-state index in [0.29, 0.717) is 0 Å². The second-order valence-electron chi connectivity index (χ2n) is 3.47. The van der Waals surface area contributed by atoms with Gasteiger partial charge in [-0.3, -0.25) is 0 Å². The highest BCUT2D eigenvalue weighted by Crippen LogP contribution is 2.19. The Hall–Kier alpha value is -1.68. The number of aromatic nitrogens is 2. The molecule has 0 saturated heterocycles. The zero-order chi connectivity index (χ0) is 12.3. The van der Waals surface area contributed by atoms with Crippen LogP contribution in [0.5, 0.6) is 5.88 Å². The van der Waals surface area contributed by atoms with Gasteiger partial charge >= 0.3 is 0 Å². The standard InChI is InChI=1S/C12H10ClFN2O/c1-8-10(14)11(16-12(13)15-8)17-7-9-5-3-2-4-6-9/h2-6H,7H2,1H3. The predicted molar refractivity (Wildman–Crippen MR) is 62.5 cm³/mol. The SMILES string of the molecule is Cc1nc(Cl)nc(OCc2ccccc2)c1F. The first-order valence-electron chi connectivity index (χ1n) is 5.03. The molecule has 17 heavy (non-hydrogen) atoms. The maximum atomic E-state index is 13.6. The molecule has 0 bridgehead atoms. The summed E-state index contributed by atoms with van der Waals surface area (Å²) in [4.78, 5) is 7.39. The van der Waals surface area contributed by atoms with Crippen LogP contribution in [0.15, 0.2) is 30.3 Å². The van der Waals surface area contributed by atoms with E-state index in [4.69, 9.17) is 16.3 Å². The summed E-state index contributed by atoms with van der Waals surface area (Å²) < 4.78 is 18.8. The minimum atomic E-state index is -0.578.